The molecule has 2 unspecified atom stereocenters. The molecule has 0 bridgehead atoms. The number of hydrogen-bond acceptors (Lipinski definition) is 2. The monoisotopic (exact) mass is 268 g/mol. The van der Waals surface area contributed by atoms with Gasteiger partial charge in [-0.25, -0.2) is 4.98 Å². The van der Waals surface area contributed by atoms with E-state index in [1.165, 1.54) is 6.42 Å². The maximum Gasteiger partial charge on any atom is 0.128 e. The lowest BCUT2D eigenvalue weighted by molar-refractivity contribution is 0.355. The molecule has 0 amide bonds. The zero-order valence-corrected chi connectivity index (χ0v) is 10.9. The van der Waals surface area contributed by atoms with Crippen LogP contribution >= 0.6 is 15.9 Å². The largest absolute Gasteiger partial charge is 0.356 e. The van der Waals surface area contributed by atoms with Gasteiger partial charge in [0.25, 0.3) is 0 Å². The molecule has 0 aliphatic carbocycles. The van der Waals surface area contributed by atoms with E-state index in [0.29, 0.717) is 0 Å². The van der Waals surface area contributed by atoms with Gasteiger partial charge in [-0.2, -0.15) is 0 Å². The Hall–Kier alpha value is -0.570. The van der Waals surface area contributed by atoms with Crippen LogP contribution in [-0.2, 0) is 0 Å². The van der Waals surface area contributed by atoms with Crippen LogP contribution in [0.25, 0.3) is 0 Å². The van der Waals surface area contributed by atoms with E-state index in [1.807, 2.05) is 6.20 Å². The van der Waals surface area contributed by atoms with Crippen LogP contribution in [0.3, 0.4) is 0 Å². The van der Waals surface area contributed by atoms with Gasteiger partial charge >= 0.3 is 0 Å². The van der Waals surface area contributed by atoms with Gasteiger partial charge in [0, 0.05) is 23.8 Å². The van der Waals surface area contributed by atoms with Crippen LogP contribution in [-0.4, -0.2) is 18.1 Å². The Balaban J connectivity index is 2.12. The van der Waals surface area contributed by atoms with Crippen molar-refractivity contribution >= 4 is 21.7 Å². The summed E-state index contributed by atoms with van der Waals surface area (Å²) in [5.41, 5.74) is 0. The molecule has 1 aliphatic rings. The number of anilines is 1. The lowest BCUT2D eigenvalue weighted by atomic mass is 9.92. The molecule has 2 heterocycles. The summed E-state index contributed by atoms with van der Waals surface area (Å²) < 4.78 is 1.05. The minimum Gasteiger partial charge on any atom is -0.356 e. The minimum atomic E-state index is 0.777. The predicted molar refractivity (Wildman–Crippen MR) is 67.1 cm³/mol. The fraction of sp³-hybridized carbons (Fsp3) is 0.583. The molecule has 2 atom stereocenters. The molecule has 0 aromatic carbocycles. The molecule has 1 aromatic heterocycles. The zero-order valence-electron chi connectivity index (χ0n) is 9.28. The molecule has 0 spiro atoms. The van der Waals surface area contributed by atoms with Crippen molar-refractivity contribution in [2.45, 2.75) is 20.3 Å². The summed E-state index contributed by atoms with van der Waals surface area (Å²) in [4.78, 5) is 6.84. The summed E-state index contributed by atoms with van der Waals surface area (Å²) in [6.45, 7) is 6.92. The molecule has 82 valence electrons. The Morgan fingerprint density at radius 3 is 2.47 bits per heavy atom. The van der Waals surface area contributed by atoms with E-state index in [-0.39, 0.29) is 0 Å². The van der Waals surface area contributed by atoms with Crippen LogP contribution in [0.5, 0.6) is 0 Å². The number of halogens is 1. The van der Waals surface area contributed by atoms with E-state index < -0.39 is 0 Å². The lowest BCUT2D eigenvalue weighted by Crippen LogP contribution is -2.39. The number of aromatic nitrogens is 1. The zero-order chi connectivity index (χ0) is 10.8. The van der Waals surface area contributed by atoms with Crippen LogP contribution in [0.15, 0.2) is 22.8 Å². The first-order chi connectivity index (χ1) is 7.15. The highest BCUT2D eigenvalue weighted by atomic mass is 79.9. The molecular weight excluding hydrogens is 252 g/mol. The van der Waals surface area contributed by atoms with Crippen molar-refractivity contribution in [2.75, 3.05) is 18.0 Å². The second-order valence-corrected chi connectivity index (χ2v) is 5.60. The average molecular weight is 269 g/mol. The highest BCUT2D eigenvalue weighted by Crippen LogP contribution is 2.25. The predicted octanol–water partition coefficient (Wildman–Crippen LogP) is 3.33. The Morgan fingerprint density at radius 1 is 1.27 bits per heavy atom. The molecule has 1 aliphatic heterocycles. The topological polar surface area (TPSA) is 16.1 Å². The molecule has 0 N–H and O–H groups in total. The van der Waals surface area contributed by atoms with E-state index in [1.54, 1.807) is 0 Å². The summed E-state index contributed by atoms with van der Waals surface area (Å²) in [5.74, 6) is 2.66. The van der Waals surface area contributed by atoms with Gasteiger partial charge in [0.2, 0.25) is 0 Å². The molecule has 0 saturated carbocycles. The molecule has 3 heteroatoms. The molecule has 0 radical (unpaired) electrons. The van der Waals surface area contributed by atoms with Gasteiger partial charge in [0.15, 0.2) is 0 Å². The van der Waals surface area contributed by atoms with E-state index in [2.05, 4.69) is 51.8 Å². The maximum atomic E-state index is 4.45. The summed E-state index contributed by atoms with van der Waals surface area (Å²) in [6.07, 6.45) is 3.21. The van der Waals surface area contributed by atoms with Gasteiger partial charge in [0.05, 0.1) is 0 Å². The van der Waals surface area contributed by atoms with Gasteiger partial charge in [-0.15, -0.1) is 0 Å². The quantitative estimate of drug-likeness (QED) is 0.777. The van der Waals surface area contributed by atoms with Crippen molar-refractivity contribution in [3.8, 4) is 0 Å². The van der Waals surface area contributed by atoms with Crippen molar-refractivity contribution in [2.24, 2.45) is 11.8 Å². The molecule has 2 nitrogen and oxygen atoms in total. The normalized spacial score (nSPS) is 26.7. The fourth-order valence-corrected chi connectivity index (χ4v) is 2.64. The Morgan fingerprint density at radius 2 is 1.93 bits per heavy atom. The molecule has 1 fully saturated rings. The average Bonchev–Trinajstić information content (AvgIpc) is 2.17. The number of hydrogen-bond donors (Lipinski definition) is 0. The van der Waals surface area contributed by atoms with E-state index >= 15 is 0 Å². The van der Waals surface area contributed by atoms with Crippen molar-refractivity contribution in [1.29, 1.82) is 0 Å². The van der Waals surface area contributed by atoms with Crippen molar-refractivity contribution < 1.29 is 0 Å². The summed E-state index contributed by atoms with van der Waals surface area (Å²) in [7, 11) is 0. The minimum absolute atomic E-state index is 0.777. The Bertz CT molecular complexity index is 313. The second kappa shape index (κ2) is 4.52. The first-order valence-corrected chi connectivity index (χ1v) is 6.31. The van der Waals surface area contributed by atoms with Gasteiger partial charge in [-0.1, -0.05) is 13.8 Å². The summed E-state index contributed by atoms with van der Waals surface area (Å²) in [5, 5.41) is 0. The Kier molecular flexibility index (Phi) is 3.29. The van der Waals surface area contributed by atoms with E-state index in [4.69, 9.17) is 0 Å². The molecule has 1 aromatic rings. The van der Waals surface area contributed by atoms with Crippen molar-refractivity contribution in [3.63, 3.8) is 0 Å². The van der Waals surface area contributed by atoms with Crippen LogP contribution < -0.4 is 4.90 Å². The van der Waals surface area contributed by atoms with Crippen molar-refractivity contribution in [1.82, 2.24) is 4.98 Å². The summed E-state index contributed by atoms with van der Waals surface area (Å²) in [6, 6.07) is 4.15. The van der Waals surface area contributed by atoms with Gasteiger partial charge in [0.1, 0.15) is 5.82 Å². The fourth-order valence-electron chi connectivity index (χ4n) is 2.41. The first kappa shape index (κ1) is 10.9. The van der Waals surface area contributed by atoms with Crippen LogP contribution in [0, 0.1) is 11.8 Å². The number of nitrogens with zero attached hydrogens (tertiary/aromatic N) is 2. The molecule has 15 heavy (non-hydrogen) atoms. The first-order valence-electron chi connectivity index (χ1n) is 5.51. The standard InChI is InChI=1S/C12H17BrN2/c1-9-5-10(2)8-15(7-9)12-4-3-11(13)6-14-12/h3-4,6,9-10H,5,7-8H2,1-2H3. The third kappa shape index (κ3) is 2.71. The molecule has 1 saturated heterocycles. The number of piperidine rings is 1. The van der Waals surface area contributed by atoms with E-state index in [0.717, 1.165) is 35.2 Å². The van der Waals surface area contributed by atoms with Crippen LogP contribution in [0.2, 0.25) is 0 Å². The van der Waals surface area contributed by atoms with Crippen molar-refractivity contribution in [3.05, 3.63) is 22.8 Å². The van der Waals surface area contributed by atoms with Gasteiger partial charge < -0.3 is 4.90 Å². The third-order valence-corrected chi connectivity index (χ3v) is 3.37. The van der Waals surface area contributed by atoms with E-state index in [9.17, 15) is 0 Å². The number of rotatable bonds is 1. The second-order valence-electron chi connectivity index (χ2n) is 4.69. The SMILES string of the molecule is CC1CC(C)CN(c2ccc(Br)cn2)C1. The van der Waals surface area contributed by atoms with Gasteiger partial charge in [-0.3, -0.25) is 0 Å². The van der Waals surface area contributed by atoms with Gasteiger partial charge in [-0.05, 0) is 46.3 Å². The highest BCUT2D eigenvalue weighted by molar-refractivity contribution is 9.10. The lowest BCUT2D eigenvalue weighted by Gasteiger charge is -2.35. The van der Waals surface area contributed by atoms with Crippen LogP contribution in [0.1, 0.15) is 20.3 Å². The smallest absolute Gasteiger partial charge is 0.128 e. The molecule has 2 rings (SSSR count). The highest BCUT2D eigenvalue weighted by Gasteiger charge is 2.22. The Labute approximate surface area is 99.8 Å². The summed E-state index contributed by atoms with van der Waals surface area (Å²) >= 11 is 3.41. The molecular formula is C12H17BrN2. The number of pyridine rings is 1. The van der Waals surface area contributed by atoms with Crippen LogP contribution in [0.4, 0.5) is 5.82 Å². The maximum absolute atomic E-state index is 4.45. The third-order valence-electron chi connectivity index (χ3n) is 2.90.